The normalized spacial score (nSPS) is 12.0. The van der Waals surface area contributed by atoms with Gasteiger partial charge in [-0.25, -0.2) is 4.98 Å². The number of aromatic nitrogens is 2. The summed E-state index contributed by atoms with van der Waals surface area (Å²) in [6.45, 7) is 4.18. The molecular weight excluding hydrogens is 386 g/mol. The second kappa shape index (κ2) is 8.13. The van der Waals surface area contributed by atoms with E-state index in [2.05, 4.69) is 58.6 Å². The minimum Gasteiger partial charge on any atom is -0.355 e. The van der Waals surface area contributed by atoms with Crippen molar-refractivity contribution in [3.8, 4) is 21.6 Å². The first-order valence-electron chi connectivity index (χ1n) is 9.10. The number of anilines is 1. The minimum absolute atomic E-state index is 0.184. The Morgan fingerprint density at radius 2 is 1.79 bits per heavy atom. The molecule has 0 aliphatic rings. The lowest BCUT2D eigenvalue weighted by atomic mass is 10.0. The van der Waals surface area contributed by atoms with E-state index in [1.165, 1.54) is 5.56 Å². The first kappa shape index (κ1) is 18.7. The smallest absolute Gasteiger partial charge is 0.183 e. The second-order valence-electron chi connectivity index (χ2n) is 6.71. The van der Waals surface area contributed by atoms with Gasteiger partial charge in [0.1, 0.15) is 0 Å². The summed E-state index contributed by atoms with van der Waals surface area (Å²) in [5.41, 5.74) is 5.45. The highest BCUT2D eigenvalue weighted by molar-refractivity contribution is 7.18. The fraction of sp³-hybridized carbons (Fsp3) is 0.130. The number of aryl methyl sites for hydroxylation is 1. The number of hydrogen-bond acceptors (Lipinski definition) is 4. The maximum Gasteiger partial charge on any atom is 0.183 e. The maximum atomic E-state index is 6.51. The van der Waals surface area contributed by atoms with Gasteiger partial charge in [0.25, 0.3) is 0 Å². The standard InChI is InChI=1S/C23H20ClN3S/c1-15-8-9-18(21(24)12-15)20-13-25-11-10-19(20)22-14-26-23(28-22)27-16(2)17-6-4-3-5-7-17/h3-14,16H,1-2H3,(H,26,27). The van der Waals surface area contributed by atoms with Crippen LogP contribution >= 0.6 is 22.9 Å². The molecule has 4 aromatic rings. The second-order valence-corrected chi connectivity index (χ2v) is 8.15. The summed E-state index contributed by atoms with van der Waals surface area (Å²) in [6.07, 6.45) is 5.58. The van der Waals surface area contributed by atoms with E-state index in [9.17, 15) is 0 Å². The van der Waals surface area contributed by atoms with Crippen LogP contribution in [0.2, 0.25) is 5.02 Å². The summed E-state index contributed by atoms with van der Waals surface area (Å²) < 4.78 is 0. The third-order valence-corrected chi connectivity index (χ3v) is 5.92. The van der Waals surface area contributed by atoms with Gasteiger partial charge >= 0.3 is 0 Å². The predicted octanol–water partition coefficient (Wildman–Crippen LogP) is 7.01. The molecule has 0 saturated carbocycles. The summed E-state index contributed by atoms with van der Waals surface area (Å²) in [5, 5.41) is 5.12. The molecule has 1 N–H and O–H groups in total. The lowest BCUT2D eigenvalue weighted by molar-refractivity contribution is 0.882. The molecule has 5 heteroatoms. The molecule has 2 aromatic heterocycles. The molecule has 4 rings (SSSR count). The van der Waals surface area contributed by atoms with Gasteiger partial charge in [0.15, 0.2) is 5.13 Å². The van der Waals surface area contributed by atoms with Crippen LogP contribution in [0.3, 0.4) is 0 Å². The number of pyridine rings is 1. The number of hydrogen-bond donors (Lipinski definition) is 1. The number of nitrogens with one attached hydrogen (secondary N) is 1. The van der Waals surface area contributed by atoms with Crippen LogP contribution in [0.1, 0.15) is 24.1 Å². The monoisotopic (exact) mass is 405 g/mol. The summed E-state index contributed by atoms with van der Waals surface area (Å²) in [7, 11) is 0. The Bertz CT molecular complexity index is 1090. The molecule has 2 aromatic carbocycles. The van der Waals surface area contributed by atoms with Crippen molar-refractivity contribution in [2.24, 2.45) is 0 Å². The van der Waals surface area contributed by atoms with Crippen molar-refractivity contribution in [2.75, 3.05) is 5.32 Å². The van der Waals surface area contributed by atoms with E-state index in [0.717, 1.165) is 37.3 Å². The first-order chi connectivity index (χ1) is 13.6. The average Bonchev–Trinajstić information content (AvgIpc) is 3.17. The van der Waals surface area contributed by atoms with Crippen LogP contribution in [0.4, 0.5) is 5.13 Å². The maximum absolute atomic E-state index is 6.51. The van der Waals surface area contributed by atoms with Gasteiger partial charge in [-0.1, -0.05) is 65.4 Å². The topological polar surface area (TPSA) is 37.8 Å². The molecule has 0 bridgehead atoms. The Hall–Kier alpha value is -2.69. The van der Waals surface area contributed by atoms with Crippen LogP contribution in [-0.2, 0) is 0 Å². The van der Waals surface area contributed by atoms with Crippen LogP contribution in [0.5, 0.6) is 0 Å². The number of rotatable bonds is 5. The molecule has 1 unspecified atom stereocenters. The zero-order valence-corrected chi connectivity index (χ0v) is 17.3. The Labute approximate surface area is 174 Å². The van der Waals surface area contributed by atoms with Gasteiger partial charge < -0.3 is 5.32 Å². The summed E-state index contributed by atoms with van der Waals surface area (Å²) in [5.74, 6) is 0. The Morgan fingerprint density at radius 1 is 0.964 bits per heavy atom. The van der Waals surface area contributed by atoms with Crippen LogP contribution in [0.25, 0.3) is 21.6 Å². The molecule has 0 amide bonds. The van der Waals surface area contributed by atoms with E-state index in [0.29, 0.717) is 0 Å². The van der Waals surface area contributed by atoms with Gasteiger partial charge in [0.2, 0.25) is 0 Å². The zero-order valence-electron chi connectivity index (χ0n) is 15.7. The molecule has 0 radical (unpaired) electrons. The van der Waals surface area contributed by atoms with Gasteiger partial charge in [0.05, 0.1) is 10.9 Å². The van der Waals surface area contributed by atoms with Crippen LogP contribution in [-0.4, -0.2) is 9.97 Å². The lowest BCUT2D eigenvalue weighted by Crippen LogP contribution is -2.05. The highest BCUT2D eigenvalue weighted by Crippen LogP contribution is 2.39. The van der Waals surface area contributed by atoms with Crippen LogP contribution in [0, 0.1) is 6.92 Å². The Kier molecular flexibility index (Phi) is 5.42. The molecule has 0 aliphatic heterocycles. The molecule has 0 spiro atoms. The summed E-state index contributed by atoms with van der Waals surface area (Å²) in [4.78, 5) is 9.98. The molecule has 0 saturated heterocycles. The van der Waals surface area contributed by atoms with Gasteiger partial charge in [-0.2, -0.15) is 0 Å². The van der Waals surface area contributed by atoms with Crippen molar-refractivity contribution in [2.45, 2.75) is 19.9 Å². The SMILES string of the molecule is Cc1ccc(-c2cnccc2-c2cnc(NC(C)c3ccccc3)s2)c(Cl)c1. The largest absolute Gasteiger partial charge is 0.355 e. The third kappa shape index (κ3) is 3.93. The molecule has 140 valence electrons. The summed E-state index contributed by atoms with van der Waals surface area (Å²) >= 11 is 8.15. The zero-order chi connectivity index (χ0) is 19.5. The van der Waals surface area contributed by atoms with Gasteiger partial charge in [-0.05, 0) is 37.1 Å². The third-order valence-electron chi connectivity index (χ3n) is 4.65. The molecule has 2 heterocycles. The lowest BCUT2D eigenvalue weighted by Gasteiger charge is -2.13. The van der Waals surface area contributed by atoms with E-state index in [4.69, 9.17) is 11.6 Å². The van der Waals surface area contributed by atoms with Crippen molar-refractivity contribution in [3.05, 3.63) is 89.3 Å². The molecule has 3 nitrogen and oxygen atoms in total. The minimum atomic E-state index is 0.184. The van der Waals surface area contributed by atoms with Gasteiger partial charge in [-0.3, -0.25) is 4.98 Å². The fourth-order valence-corrected chi connectivity index (χ4v) is 4.42. The number of nitrogens with zero attached hydrogens (tertiary/aromatic N) is 2. The number of benzene rings is 2. The van der Waals surface area contributed by atoms with E-state index in [1.807, 2.05) is 37.5 Å². The van der Waals surface area contributed by atoms with E-state index in [1.54, 1.807) is 17.5 Å². The highest BCUT2D eigenvalue weighted by atomic mass is 35.5. The molecule has 28 heavy (non-hydrogen) atoms. The Morgan fingerprint density at radius 3 is 2.57 bits per heavy atom. The van der Waals surface area contributed by atoms with Crippen molar-refractivity contribution in [1.29, 1.82) is 0 Å². The van der Waals surface area contributed by atoms with E-state index in [-0.39, 0.29) is 6.04 Å². The van der Waals surface area contributed by atoms with Crippen LogP contribution in [0.15, 0.2) is 73.2 Å². The highest BCUT2D eigenvalue weighted by Gasteiger charge is 2.14. The van der Waals surface area contributed by atoms with Crippen molar-refractivity contribution >= 4 is 28.1 Å². The number of halogens is 1. The first-order valence-corrected chi connectivity index (χ1v) is 10.3. The quantitative estimate of drug-likeness (QED) is 0.388. The van der Waals surface area contributed by atoms with Gasteiger partial charge in [-0.15, -0.1) is 0 Å². The Balaban J connectivity index is 1.64. The van der Waals surface area contributed by atoms with Gasteiger partial charge in [0, 0.05) is 40.3 Å². The van der Waals surface area contributed by atoms with Crippen molar-refractivity contribution in [1.82, 2.24) is 9.97 Å². The van der Waals surface area contributed by atoms with Crippen LogP contribution < -0.4 is 5.32 Å². The fourth-order valence-electron chi connectivity index (χ4n) is 3.14. The van der Waals surface area contributed by atoms with Crippen molar-refractivity contribution in [3.63, 3.8) is 0 Å². The molecule has 0 fully saturated rings. The van der Waals surface area contributed by atoms with E-state index >= 15 is 0 Å². The van der Waals surface area contributed by atoms with Crippen molar-refractivity contribution < 1.29 is 0 Å². The average molecular weight is 406 g/mol. The molecular formula is C23H20ClN3S. The molecule has 0 aliphatic carbocycles. The predicted molar refractivity (Wildman–Crippen MR) is 119 cm³/mol. The number of thiazole rings is 1. The summed E-state index contributed by atoms with van der Waals surface area (Å²) in [6, 6.07) is 18.7. The van der Waals surface area contributed by atoms with E-state index < -0.39 is 0 Å². The molecule has 1 atom stereocenters.